The van der Waals surface area contributed by atoms with Crippen LogP contribution in [0.3, 0.4) is 0 Å². The van der Waals surface area contributed by atoms with E-state index in [9.17, 15) is 23.8 Å². The molecule has 2 aromatic carbocycles. The molecule has 0 saturated carbocycles. The first-order chi connectivity index (χ1) is 15.7. The summed E-state index contributed by atoms with van der Waals surface area (Å²) >= 11 is 0. The molecule has 7 nitrogen and oxygen atoms in total. The molecule has 1 heterocycles. The smallest absolute Gasteiger partial charge is 0.497 e. The maximum atomic E-state index is 14.6. The van der Waals surface area contributed by atoms with Crippen LogP contribution in [0, 0.1) is 6.92 Å². The topological polar surface area (TPSA) is 94.5 Å². The van der Waals surface area contributed by atoms with E-state index in [0.717, 1.165) is 22.4 Å². The molecule has 1 aliphatic rings. The highest BCUT2D eigenvalue weighted by Crippen LogP contribution is 2.41. The van der Waals surface area contributed by atoms with Crippen LogP contribution in [0.25, 0.3) is 0 Å². The van der Waals surface area contributed by atoms with Gasteiger partial charge in [-0.2, -0.15) is 0 Å². The van der Waals surface area contributed by atoms with Gasteiger partial charge in [-0.3, -0.25) is 0 Å². The average Bonchev–Trinajstić information content (AvgIpc) is 2.79. The van der Waals surface area contributed by atoms with E-state index >= 15 is 0 Å². The third-order valence-electron chi connectivity index (χ3n) is 5.64. The van der Waals surface area contributed by atoms with Crippen molar-refractivity contribution < 1.29 is 42.7 Å². The van der Waals surface area contributed by atoms with Crippen molar-refractivity contribution in [1.29, 1.82) is 0 Å². The van der Waals surface area contributed by atoms with Crippen LogP contribution in [0.5, 0.6) is 5.75 Å². The summed E-state index contributed by atoms with van der Waals surface area (Å²) in [6.07, 6.45) is -8.05. The molecule has 3 rings (SSSR count). The summed E-state index contributed by atoms with van der Waals surface area (Å²) in [4.78, 5) is 11.4. The van der Waals surface area contributed by atoms with Crippen molar-refractivity contribution in [2.45, 2.75) is 50.6 Å². The lowest BCUT2D eigenvalue weighted by Gasteiger charge is -2.42. The second-order valence-electron chi connectivity index (χ2n) is 7.86. The number of aryl methyl sites for hydroxylation is 1. The zero-order valence-electron chi connectivity index (χ0n) is 18.7. The molecule has 1 aliphatic heterocycles. The molecule has 0 bridgehead atoms. The summed E-state index contributed by atoms with van der Waals surface area (Å²) in [7, 11) is 1.58. The third-order valence-corrected chi connectivity index (χ3v) is 5.64. The molecule has 9 heteroatoms. The summed E-state index contributed by atoms with van der Waals surface area (Å²) in [5.41, 5.74) is 3.30. The van der Waals surface area contributed by atoms with Crippen LogP contribution in [0.1, 0.15) is 35.3 Å². The number of carbonyl (C=O) groups is 1. The maximum absolute atomic E-state index is 14.6. The number of alkyl halides is 2. The van der Waals surface area contributed by atoms with Crippen LogP contribution >= 0.6 is 0 Å². The van der Waals surface area contributed by atoms with Gasteiger partial charge in [-0.25, -0.2) is 13.6 Å². The van der Waals surface area contributed by atoms with Gasteiger partial charge < -0.3 is 29.2 Å². The highest BCUT2D eigenvalue weighted by molar-refractivity contribution is 5.59. The Balaban J connectivity index is 1.82. The minimum absolute atomic E-state index is 0.0189. The Bertz CT molecular complexity index is 948. The molecule has 4 unspecified atom stereocenters. The number of aliphatic hydroxyl groups excluding tert-OH is 2. The van der Waals surface area contributed by atoms with Crippen LogP contribution < -0.4 is 4.74 Å². The molecule has 0 aliphatic carbocycles. The molecule has 1 fully saturated rings. The first kappa shape index (κ1) is 24.9. The Hall–Kier alpha value is -2.75. The fourth-order valence-electron chi connectivity index (χ4n) is 3.68. The molecule has 0 radical (unpaired) electrons. The van der Waals surface area contributed by atoms with E-state index in [2.05, 4.69) is 4.74 Å². The van der Waals surface area contributed by atoms with E-state index in [1.165, 1.54) is 0 Å². The van der Waals surface area contributed by atoms with Crippen molar-refractivity contribution in [3.63, 3.8) is 0 Å². The van der Waals surface area contributed by atoms with Crippen molar-refractivity contribution in [3.8, 4) is 5.75 Å². The normalized spacial score (nSPS) is 24.2. The van der Waals surface area contributed by atoms with Crippen LogP contribution in [0.2, 0.25) is 0 Å². The van der Waals surface area contributed by atoms with Crippen molar-refractivity contribution in [3.05, 3.63) is 64.7 Å². The van der Waals surface area contributed by atoms with E-state index in [4.69, 9.17) is 14.2 Å². The first-order valence-electron chi connectivity index (χ1n) is 10.6. The van der Waals surface area contributed by atoms with Crippen molar-refractivity contribution >= 4 is 6.16 Å². The lowest BCUT2D eigenvalue weighted by atomic mass is 9.88. The predicted molar refractivity (Wildman–Crippen MR) is 115 cm³/mol. The van der Waals surface area contributed by atoms with E-state index in [1.54, 1.807) is 32.2 Å². The van der Waals surface area contributed by atoms with E-state index in [0.29, 0.717) is 12.0 Å². The van der Waals surface area contributed by atoms with Crippen molar-refractivity contribution in [2.24, 2.45) is 0 Å². The Morgan fingerprint density at radius 3 is 2.45 bits per heavy atom. The monoisotopic (exact) mass is 466 g/mol. The van der Waals surface area contributed by atoms with Gasteiger partial charge in [0.15, 0.2) is 6.10 Å². The van der Waals surface area contributed by atoms with Gasteiger partial charge in [0.25, 0.3) is 0 Å². The molecule has 0 spiro atoms. The number of carbonyl (C=O) groups excluding carboxylic acids is 1. The number of methoxy groups -OCH3 is 1. The van der Waals surface area contributed by atoms with Crippen LogP contribution in [-0.4, -0.2) is 60.9 Å². The first-order valence-corrected chi connectivity index (χ1v) is 10.6. The zero-order chi connectivity index (χ0) is 24.2. The molecule has 4 atom stereocenters. The van der Waals surface area contributed by atoms with Gasteiger partial charge >= 0.3 is 12.1 Å². The summed E-state index contributed by atoms with van der Waals surface area (Å²) in [6.45, 7) is 2.64. The minimum Gasteiger partial charge on any atom is -0.497 e. The fraction of sp³-hybridized carbons (Fsp3) is 0.458. The molecular formula is C24H28F2O7. The Kier molecular flexibility index (Phi) is 7.88. The Morgan fingerprint density at radius 1 is 1.12 bits per heavy atom. The number of hydrogen-bond donors (Lipinski definition) is 2. The minimum atomic E-state index is -3.83. The van der Waals surface area contributed by atoms with Gasteiger partial charge in [-0.15, -0.1) is 0 Å². The molecule has 0 amide bonds. The molecule has 1 saturated heterocycles. The number of aliphatic hydroxyl groups is 2. The van der Waals surface area contributed by atoms with Gasteiger partial charge in [0, 0.05) is 0 Å². The van der Waals surface area contributed by atoms with Gasteiger partial charge in [-0.05, 0) is 54.7 Å². The molecule has 2 N–H and O–H groups in total. The van der Waals surface area contributed by atoms with E-state index < -0.39 is 43.1 Å². The second kappa shape index (κ2) is 10.5. The lowest BCUT2D eigenvalue weighted by Crippen LogP contribution is -2.60. The number of rotatable bonds is 7. The summed E-state index contributed by atoms with van der Waals surface area (Å²) in [5, 5.41) is 20.5. The Labute approximate surface area is 190 Å². The largest absolute Gasteiger partial charge is 0.508 e. The highest BCUT2D eigenvalue weighted by Gasteiger charge is 2.58. The summed E-state index contributed by atoms with van der Waals surface area (Å²) < 4.78 is 49.0. The van der Waals surface area contributed by atoms with Gasteiger partial charge in [-0.1, -0.05) is 30.3 Å². The number of ether oxygens (including phenoxy) is 4. The molecule has 180 valence electrons. The van der Waals surface area contributed by atoms with E-state index in [1.807, 2.05) is 31.2 Å². The SMILES string of the molecule is CCOC(=O)OCC1OC(c2ccc(C)c(Cc3ccc(OC)cc3)c2)C(O)C(O)C1(F)F. The van der Waals surface area contributed by atoms with Gasteiger partial charge in [0.2, 0.25) is 0 Å². The Morgan fingerprint density at radius 2 is 1.82 bits per heavy atom. The molecular weight excluding hydrogens is 438 g/mol. The number of hydrogen-bond acceptors (Lipinski definition) is 7. The average molecular weight is 466 g/mol. The maximum Gasteiger partial charge on any atom is 0.508 e. The zero-order valence-corrected chi connectivity index (χ0v) is 18.7. The summed E-state index contributed by atoms with van der Waals surface area (Å²) in [5.74, 6) is -3.10. The number of halogens is 2. The highest BCUT2D eigenvalue weighted by atomic mass is 19.3. The lowest BCUT2D eigenvalue weighted by molar-refractivity contribution is -0.296. The van der Waals surface area contributed by atoms with Gasteiger partial charge in [0.1, 0.15) is 30.7 Å². The number of benzene rings is 2. The van der Waals surface area contributed by atoms with Crippen LogP contribution in [-0.2, 0) is 20.6 Å². The van der Waals surface area contributed by atoms with Crippen LogP contribution in [0.4, 0.5) is 13.6 Å². The van der Waals surface area contributed by atoms with Crippen molar-refractivity contribution in [2.75, 3.05) is 20.3 Å². The predicted octanol–water partition coefficient (Wildman–Crippen LogP) is 3.56. The third kappa shape index (κ3) is 5.61. The van der Waals surface area contributed by atoms with E-state index in [-0.39, 0.29) is 6.61 Å². The van der Waals surface area contributed by atoms with Crippen molar-refractivity contribution in [1.82, 2.24) is 0 Å². The molecule has 0 aromatic heterocycles. The molecule has 2 aromatic rings. The standard InChI is InChI=1S/C24H28F2O7/c1-4-31-23(29)32-13-19-24(25,26)22(28)20(27)21(33-19)16-8-5-14(2)17(12-16)11-15-6-9-18(30-3)10-7-15/h5-10,12,19-22,27-28H,4,11,13H2,1-3H3. The quantitative estimate of drug-likeness (QED) is 0.603. The van der Waals surface area contributed by atoms with Gasteiger partial charge in [0.05, 0.1) is 13.7 Å². The van der Waals surface area contributed by atoms with Crippen LogP contribution in [0.15, 0.2) is 42.5 Å². The fourth-order valence-corrected chi connectivity index (χ4v) is 3.68. The summed E-state index contributed by atoms with van der Waals surface area (Å²) in [6, 6.07) is 12.7. The molecule has 33 heavy (non-hydrogen) atoms. The second-order valence-corrected chi connectivity index (χ2v) is 7.86.